The second kappa shape index (κ2) is 14.8. The fourth-order valence-electron chi connectivity index (χ4n) is 4.30. The van der Waals surface area contributed by atoms with Gasteiger partial charge in [0.1, 0.15) is 11.0 Å². The molecule has 0 unspecified atom stereocenters. The summed E-state index contributed by atoms with van der Waals surface area (Å²) in [5.41, 5.74) is -0.941. The van der Waals surface area contributed by atoms with Gasteiger partial charge in [-0.25, -0.2) is 9.97 Å². The number of imidazole rings is 1. The summed E-state index contributed by atoms with van der Waals surface area (Å²) in [6, 6.07) is 1.18. The summed E-state index contributed by atoms with van der Waals surface area (Å²) in [4.78, 5) is 21.3. The number of aromatic nitrogens is 3. The molecule has 0 saturated heterocycles. The number of hydrogen-bond donors (Lipinski definition) is 2. The quantitative estimate of drug-likeness (QED) is 0.361. The van der Waals surface area contributed by atoms with Crippen molar-refractivity contribution in [2.45, 2.75) is 83.6 Å². The van der Waals surface area contributed by atoms with E-state index in [0.717, 1.165) is 12.8 Å². The fraction of sp³-hybridized carbons (Fsp3) is 0.625. The van der Waals surface area contributed by atoms with E-state index in [1.165, 1.54) is 16.8 Å². The van der Waals surface area contributed by atoms with Crippen LogP contribution in [0.25, 0.3) is 5.82 Å². The monoisotopic (exact) mass is 616 g/mol. The Labute approximate surface area is 236 Å². The van der Waals surface area contributed by atoms with Crippen LogP contribution in [0.15, 0.2) is 12.3 Å². The third kappa shape index (κ3) is 9.77. The number of ether oxygens (including phenoxy) is 1. The number of hydrogen-bond acceptors (Lipinski definition) is 7. The highest BCUT2D eigenvalue weighted by atomic mass is 35.5. The fourth-order valence-corrected chi connectivity index (χ4v) is 4.61. The first-order valence-corrected chi connectivity index (χ1v) is 13.5. The normalized spacial score (nSPS) is 19.1. The summed E-state index contributed by atoms with van der Waals surface area (Å²) in [6.07, 6.45) is -1.40. The van der Waals surface area contributed by atoms with Crippen molar-refractivity contribution in [1.82, 2.24) is 19.9 Å². The van der Waals surface area contributed by atoms with Crippen LogP contribution in [0.3, 0.4) is 0 Å². The van der Waals surface area contributed by atoms with Crippen molar-refractivity contribution >= 4 is 29.1 Å². The number of rotatable bonds is 10. The number of aryl methyl sites for hydroxylation is 2. The van der Waals surface area contributed by atoms with Gasteiger partial charge in [0.15, 0.2) is 17.3 Å². The summed E-state index contributed by atoms with van der Waals surface area (Å²) in [6.45, 7) is 0.585. The minimum Gasteiger partial charge on any atom is -0.431 e. The van der Waals surface area contributed by atoms with Crippen LogP contribution < -0.4 is 10.1 Å². The van der Waals surface area contributed by atoms with Gasteiger partial charge in [-0.05, 0) is 56.1 Å². The molecule has 0 bridgehead atoms. The maximum absolute atomic E-state index is 13.2. The lowest BCUT2D eigenvalue weighted by Gasteiger charge is -2.34. The molecule has 2 aromatic heterocycles. The molecule has 1 saturated carbocycles. The van der Waals surface area contributed by atoms with E-state index in [9.17, 15) is 31.9 Å². The van der Waals surface area contributed by atoms with Crippen LogP contribution in [0.2, 0.25) is 5.15 Å². The largest absolute Gasteiger partial charge is 0.431 e. The zero-order valence-corrected chi connectivity index (χ0v) is 23.3. The lowest BCUT2D eigenvalue weighted by Crippen LogP contribution is -2.45. The Morgan fingerprint density at radius 2 is 1.95 bits per heavy atom. The van der Waals surface area contributed by atoms with Crippen molar-refractivity contribution in [3.05, 3.63) is 34.5 Å². The van der Waals surface area contributed by atoms with Gasteiger partial charge in [-0.2, -0.15) is 30.4 Å². The number of pyridine rings is 1. The molecule has 1 aliphatic carbocycles. The molecule has 1 fully saturated rings. The minimum absolute atomic E-state index is 0.00775. The SMILES string of the molecule is CCc1nc(C(=O)NCC2(O)CCC(C)CC2)c(Cl)n1-c1ncc(CCCC(F)(F)F)cc1OC(F)F.O=S=O. The van der Waals surface area contributed by atoms with E-state index in [1.54, 1.807) is 6.92 Å². The van der Waals surface area contributed by atoms with Crippen molar-refractivity contribution in [1.29, 1.82) is 0 Å². The second-order valence-corrected chi connectivity index (χ2v) is 10.0. The number of nitrogens with zero attached hydrogens (tertiary/aromatic N) is 3. The van der Waals surface area contributed by atoms with E-state index in [1.807, 2.05) is 0 Å². The molecule has 9 nitrogen and oxygen atoms in total. The van der Waals surface area contributed by atoms with Crippen LogP contribution in [0.4, 0.5) is 22.0 Å². The van der Waals surface area contributed by atoms with Crippen molar-refractivity contribution < 1.29 is 45.0 Å². The molecule has 3 rings (SSSR count). The summed E-state index contributed by atoms with van der Waals surface area (Å²) in [7, 11) is 0. The minimum atomic E-state index is -4.34. The van der Waals surface area contributed by atoms with E-state index in [4.69, 9.17) is 20.0 Å². The van der Waals surface area contributed by atoms with E-state index in [-0.39, 0.29) is 53.9 Å². The van der Waals surface area contributed by atoms with Gasteiger partial charge in [0, 0.05) is 25.6 Å². The van der Waals surface area contributed by atoms with Crippen LogP contribution in [0, 0.1) is 5.92 Å². The number of alkyl halides is 5. The lowest BCUT2D eigenvalue weighted by atomic mass is 9.79. The zero-order valence-electron chi connectivity index (χ0n) is 21.8. The van der Waals surface area contributed by atoms with E-state index >= 15 is 0 Å². The molecule has 1 amide bonds. The van der Waals surface area contributed by atoms with Crippen molar-refractivity contribution in [3.8, 4) is 11.6 Å². The maximum Gasteiger partial charge on any atom is 0.389 e. The van der Waals surface area contributed by atoms with Gasteiger partial charge in [0.25, 0.3) is 5.91 Å². The Bertz CT molecular complexity index is 1180. The van der Waals surface area contributed by atoms with Gasteiger partial charge in [0.05, 0.1) is 5.60 Å². The molecular weight excluding hydrogens is 587 g/mol. The summed E-state index contributed by atoms with van der Waals surface area (Å²) in [5.74, 6) is -0.497. The van der Waals surface area contributed by atoms with E-state index in [0.29, 0.717) is 18.8 Å². The van der Waals surface area contributed by atoms with Crippen molar-refractivity contribution in [2.75, 3.05) is 6.54 Å². The number of amides is 1. The van der Waals surface area contributed by atoms with E-state index in [2.05, 4.69) is 26.9 Å². The predicted molar refractivity (Wildman–Crippen MR) is 135 cm³/mol. The molecular formula is C24H30ClF5N4O5S. The van der Waals surface area contributed by atoms with Gasteiger partial charge in [-0.3, -0.25) is 9.36 Å². The Morgan fingerprint density at radius 3 is 2.50 bits per heavy atom. The topological polar surface area (TPSA) is 123 Å². The number of aliphatic hydroxyl groups is 1. The molecule has 0 aliphatic heterocycles. The molecule has 0 aromatic carbocycles. The van der Waals surface area contributed by atoms with Crippen LogP contribution in [-0.4, -0.2) is 58.9 Å². The van der Waals surface area contributed by atoms with Gasteiger partial charge < -0.3 is 15.2 Å². The number of halogens is 6. The first kappa shape index (κ1) is 33.6. The smallest absolute Gasteiger partial charge is 0.389 e. The van der Waals surface area contributed by atoms with Crippen LogP contribution >= 0.6 is 11.6 Å². The zero-order chi connectivity index (χ0) is 30.1. The Kier molecular flexibility index (Phi) is 12.4. The van der Waals surface area contributed by atoms with Gasteiger partial charge >= 0.3 is 24.4 Å². The number of carbonyl (C=O) groups is 1. The first-order valence-electron chi connectivity index (χ1n) is 12.4. The second-order valence-electron chi connectivity index (χ2n) is 9.53. The molecule has 0 atom stereocenters. The molecule has 0 spiro atoms. The Morgan fingerprint density at radius 1 is 1.32 bits per heavy atom. The van der Waals surface area contributed by atoms with Crippen LogP contribution in [0.5, 0.6) is 5.75 Å². The van der Waals surface area contributed by atoms with Crippen molar-refractivity contribution in [2.24, 2.45) is 5.92 Å². The first-order chi connectivity index (χ1) is 18.7. The average Bonchev–Trinajstić information content (AvgIpc) is 3.20. The van der Waals surface area contributed by atoms with Crippen LogP contribution in [0.1, 0.15) is 74.2 Å². The Hall–Kier alpha value is -2.65. The van der Waals surface area contributed by atoms with Gasteiger partial charge in [-0.1, -0.05) is 25.4 Å². The third-order valence-corrected chi connectivity index (χ3v) is 6.80. The highest BCUT2D eigenvalue weighted by Gasteiger charge is 2.33. The molecule has 0 radical (unpaired) electrons. The molecule has 2 heterocycles. The molecule has 2 N–H and O–H groups in total. The summed E-state index contributed by atoms with van der Waals surface area (Å²) >= 11 is 5.71. The average molecular weight is 617 g/mol. The molecule has 1 aliphatic rings. The number of carbonyl (C=O) groups excluding carboxylic acids is 1. The van der Waals surface area contributed by atoms with Gasteiger partial charge in [0.2, 0.25) is 0 Å². The van der Waals surface area contributed by atoms with Gasteiger partial charge in [-0.15, -0.1) is 0 Å². The number of nitrogens with one attached hydrogen (secondary N) is 1. The van der Waals surface area contributed by atoms with Crippen molar-refractivity contribution in [3.63, 3.8) is 0 Å². The van der Waals surface area contributed by atoms with E-state index < -0.39 is 48.0 Å². The Balaban J connectivity index is 0.00000178. The standard InChI is InChI=1S/C24H30ClF5N4O3.O2S/c1-3-17-33-18(21(35)32-13-23(36)9-6-14(2)7-10-23)19(25)34(17)20-16(37-22(26)27)11-15(12-31-20)5-4-8-24(28,29)30;1-3-2/h11-12,14,22,36H,3-10,13H2,1-2H3,(H,32,35);. The molecule has 2 aromatic rings. The molecule has 16 heteroatoms. The van der Waals surface area contributed by atoms with Crippen LogP contribution in [-0.2, 0) is 24.4 Å². The highest BCUT2D eigenvalue weighted by Crippen LogP contribution is 2.33. The predicted octanol–water partition coefficient (Wildman–Crippen LogP) is 4.97. The molecule has 40 heavy (non-hydrogen) atoms. The highest BCUT2D eigenvalue weighted by molar-refractivity contribution is 7.51. The molecule has 224 valence electrons. The third-order valence-electron chi connectivity index (χ3n) is 6.45. The maximum atomic E-state index is 13.2. The lowest BCUT2D eigenvalue weighted by molar-refractivity contribution is -0.135. The summed E-state index contributed by atoms with van der Waals surface area (Å²) in [5, 5.41) is 13.2. The summed E-state index contributed by atoms with van der Waals surface area (Å²) < 4.78 is 86.1.